The maximum absolute atomic E-state index is 11.7. The van der Waals surface area contributed by atoms with Gasteiger partial charge in [-0.1, -0.05) is 19.4 Å². The van der Waals surface area contributed by atoms with Crippen LogP contribution in [0.4, 0.5) is 11.4 Å². The van der Waals surface area contributed by atoms with E-state index in [1.54, 1.807) is 6.07 Å². The standard InChI is InChI=1S/C14H21N3O2/c1-3-4-5-13(18)16-11-7-6-10(2)8-12(11)17-14(19)9-15/h6-8H,3-5,9,15H2,1-2H3,(H,16,18)(H,17,19). The van der Waals surface area contributed by atoms with E-state index >= 15 is 0 Å². The molecule has 1 aromatic carbocycles. The number of benzene rings is 1. The summed E-state index contributed by atoms with van der Waals surface area (Å²) in [5.41, 5.74) is 7.46. The van der Waals surface area contributed by atoms with E-state index in [4.69, 9.17) is 5.73 Å². The number of unbranched alkanes of at least 4 members (excludes halogenated alkanes) is 1. The normalized spacial score (nSPS) is 10.1. The van der Waals surface area contributed by atoms with E-state index in [1.807, 2.05) is 26.0 Å². The summed E-state index contributed by atoms with van der Waals surface area (Å²) in [5.74, 6) is -0.330. The highest BCUT2D eigenvalue weighted by Gasteiger charge is 2.09. The second kappa shape index (κ2) is 7.53. The van der Waals surface area contributed by atoms with Crippen LogP contribution in [0.3, 0.4) is 0 Å². The first-order valence-electron chi connectivity index (χ1n) is 6.47. The zero-order valence-electron chi connectivity index (χ0n) is 11.5. The zero-order chi connectivity index (χ0) is 14.3. The monoisotopic (exact) mass is 263 g/mol. The van der Waals surface area contributed by atoms with Crippen molar-refractivity contribution in [3.8, 4) is 0 Å². The Balaban J connectivity index is 2.81. The number of nitrogens with one attached hydrogen (secondary N) is 2. The summed E-state index contributed by atoms with van der Waals surface area (Å²) in [5, 5.41) is 5.49. The first-order chi connectivity index (χ1) is 9.06. The van der Waals surface area contributed by atoms with Gasteiger partial charge in [-0.25, -0.2) is 0 Å². The van der Waals surface area contributed by atoms with Crippen molar-refractivity contribution in [2.45, 2.75) is 33.1 Å². The third kappa shape index (κ3) is 5.09. The highest BCUT2D eigenvalue weighted by atomic mass is 16.2. The summed E-state index contributed by atoms with van der Waals surface area (Å²) in [6, 6.07) is 5.47. The van der Waals surface area contributed by atoms with Crippen LogP contribution < -0.4 is 16.4 Å². The van der Waals surface area contributed by atoms with Crippen LogP contribution in [-0.4, -0.2) is 18.4 Å². The van der Waals surface area contributed by atoms with Crippen LogP contribution in [0.15, 0.2) is 18.2 Å². The number of hydrogen-bond acceptors (Lipinski definition) is 3. The Kier molecular flexibility index (Phi) is 6.02. The summed E-state index contributed by atoms with van der Waals surface area (Å²) < 4.78 is 0. The van der Waals surface area contributed by atoms with Gasteiger partial charge in [-0.2, -0.15) is 0 Å². The molecule has 0 heterocycles. The average Bonchev–Trinajstić information content (AvgIpc) is 2.39. The fraction of sp³-hybridized carbons (Fsp3) is 0.429. The van der Waals surface area contributed by atoms with Crippen molar-refractivity contribution in [3.63, 3.8) is 0 Å². The lowest BCUT2D eigenvalue weighted by Crippen LogP contribution is -2.23. The minimum absolute atomic E-state index is 0.0473. The molecule has 2 amide bonds. The molecule has 0 aliphatic rings. The average molecular weight is 263 g/mol. The van der Waals surface area contributed by atoms with Gasteiger partial charge in [0.2, 0.25) is 11.8 Å². The van der Waals surface area contributed by atoms with Crippen molar-refractivity contribution in [2.24, 2.45) is 5.73 Å². The topological polar surface area (TPSA) is 84.2 Å². The van der Waals surface area contributed by atoms with Crippen molar-refractivity contribution in [3.05, 3.63) is 23.8 Å². The molecule has 1 rings (SSSR count). The van der Waals surface area contributed by atoms with E-state index in [9.17, 15) is 9.59 Å². The summed E-state index contributed by atoms with van der Waals surface area (Å²) in [4.78, 5) is 23.1. The third-order valence-corrected chi connectivity index (χ3v) is 2.67. The van der Waals surface area contributed by atoms with Crippen LogP contribution in [0.25, 0.3) is 0 Å². The van der Waals surface area contributed by atoms with Crippen LogP contribution in [0, 0.1) is 6.92 Å². The molecule has 19 heavy (non-hydrogen) atoms. The molecule has 0 unspecified atom stereocenters. The summed E-state index contributed by atoms with van der Waals surface area (Å²) in [6.45, 7) is 3.87. The lowest BCUT2D eigenvalue weighted by atomic mass is 10.1. The van der Waals surface area contributed by atoms with Gasteiger partial charge in [-0.3, -0.25) is 9.59 Å². The smallest absolute Gasteiger partial charge is 0.238 e. The number of amides is 2. The van der Waals surface area contributed by atoms with E-state index < -0.39 is 0 Å². The van der Waals surface area contributed by atoms with Gasteiger partial charge in [0.25, 0.3) is 0 Å². The predicted molar refractivity (Wildman–Crippen MR) is 77.0 cm³/mol. The molecule has 0 saturated heterocycles. The lowest BCUT2D eigenvalue weighted by Gasteiger charge is -2.12. The molecular formula is C14H21N3O2. The maximum atomic E-state index is 11.7. The second-order valence-electron chi connectivity index (χ2n) is 4.45. The Hall–Kier alpha value is -1.88. The minimum Gasteiger partial charge on any atom is -0.324 e. The summed E-state index contributed by atoms with van der Waals surface area (Å²) in [7, 11) is 0. The molecule has 4 N–H and O–H groups in total. The Bertz CT molecular complexity index is 458. The molecule has 0 fully saturated rings. The molecule has 104 valence electrons. The Morgan fingerprint density at radius 2 is 1.84 bits per heavy atom. The van der Waals surface area contributed by atoms with Gasteiger partial charge < -0.3 is 16.4 Å². The Morgan fingerprint density at radius 1 is 1.16 bits per heavy atom. The van der Waals surface area contributed by atoms with Crippen LogP contribution in [0.5, 0.6) is 0 Å². The number of nitrogens with two attached hydrogens (primary N) is 1. The molecule has 0 bridgehead atoms. The van der Waals surface area contributed by atoms with Crippen molar-refractivity contribution in [1.29, 1.82) is 0 Å². The second-order valence-corrected chi connectivity index (χ2v) is 4.45. The van der Waals surface area contributed by atoms with Crippen LogP contribution in [0.2, 0.25) is 0 Å². The van der Waals surface area contributed by atoms with Gasteiger partial charge in [0.1, 0.15) is 0 Å². The van der Waals surface area contributed by atoms with E-state index in [1.165, 1.54) is 0 Å². The molecule has 5 nitrogen and oxygen atoms in total. The largest absolute Gasteiger partial charge is 0.324 e. The number of carbonyl (C=O) groups excluding carboxylic acids is 2. The van der Waals surface area contributed by atoms with Crippen LogP contribution >= 0.6 is 0 Å². The van der Waals surface area contributed by atoms with Gasteiger partial charge >= 0.3 is 0 Å². The molecule has 0 spiro atoms. The Morgan fingerprint density at radius 3 is 2.47 bits per heavy atom. The lowest BCUT2D eigenvalue weighted by molar-refractivity contribution is -0.116. The summed E-state index contributed by atoms with van der Waals surface area (Å²) in [6.07, 6.45) is 2.30. The van der Waals surface area contributed by atoms with Gasteiger partial charge in [-0.05, 0) is 31.0 Å². The number of anilines is 2. The van der Waals surface area contributed by atoms with E-state index in [0.717, 1.165) is 18.4 Å². The molecular weight excluding hydrogens is 242 g/mol. The zero-order valence-corrected chi connectivity index (χ0v) is 11.5. The fourth-order valence-corrected chi connectivity index (χ4v) is 1.62. The number of carbonyl (C=O) groups is 2. The Labute approximate surface area is 113 Å². The molecule has 0 aromatic heterocycles. The highest BCUT2D eigenvalue weighted by molar-refractivity contribution is 6.00. The first kappa shape index (κ1) is 15.2. The molecule has 0 aliphatic carbocycles. The van der Waals surface area contributed by atoms with Crippen LogP contribution in [0.1, 0.15) is 31.7 Å². The summed E-state index contributed by atoms with van der Waals surface area (Å²) >= 11 is 0. The van der Waals surface area contributed by atoms with Crippen molar-refractivity contribution >= 4 is 23.2 Å². The molecule has 1 aromatic rings. The van der Waals surface area contributed by atoms with Gasteiger partial charge in [0, 0.05) is 6.42 Å². The van der Waals surface area contributed by atoms with E-state index in [2.05, 4.69) is 10.6 Å². The first-order valence-corrected chi connectivity index (χ1v) is 6.47. The third-order valence-electron chi connectivity index (χ3n) is 2.67. The number of aryl methyl sites for hydroxylation is 1. The van der Waals surface area contributed by atoms with Crippen LogP contribution in [-0.2, 0) is 9.59 Å². The predicted octanol–water partition coefficient (Wildman–Crippen LogP) is 2.02. The fourth-order valence-electron chi connectivity index (χ4n) is 1.62. The highest BCUT2D eigenvalue weighted by Crippen LogP contribution is 2.23. The van der Waals surface area contributed by atoms with Crippen molar-refractivity contribution < 1.29 is 9.59 Å². The van der Waals surface area contributed by atoms with Crippen molar-refractivity contribution in [1.82, 2.24) is 0 Å². The molecule has 5 heteroatoms. The molecule has 0 aliphatic heterocycles. The van der Waals surface area contributed by atoms with E-state index in [-0.39, 0.29) is 18.4 Å². The van der Waals surface area contributed by atoms with Crippen molar-refractivity contribution in [2.75, 3.05) is 17.2 Å². The minimum atomic E-state index is -0.283. The number of rotatable bonds is 6. The van der Waals surface area contributed by atoms with E-state index in [0.29, 0.717) is 17.8 Å². The van der Waals surface area contributed by atoms with Gasteiger partial charge in [0.05, 0.1) is 17.9 Å². The number of hydrogen-bond donors (Lipinski definition) is 3. The molecule has 0 atom stereocenters. The van der Waals surface area contributed by atoms with Gasteiger partial charge in [-0.15, -0.1) is 0 Å². The maximum Gasteiger partial charge on any atom is 0.238 e. The molecule has 0 saturated carbocycles. The molecule has 0 radical (unpaired) electrons. The quantitative estimate of drug-likeness (QED) is 0.734. The SMILES string of the molecule is CCCCC(=O)Nc1ccc(C)cc1NC(=O)CN. The van der Waals surface area contributed by atoms with Gasteiger partial charge in [0.15, 0.2) is 0 Å².